The van der Waals surface area contributed by atoms with Gasteiger partial charge in [-0.15, -0.1) is 0 Å². The number of hydrogen-bond acceptors (Lipinski definition) is 5. The van der Waals surface area contributed by atoms with Gasteiger partial charge < -0.3 is 25.8 Å². The first-order valence-corrected chi connectivity index (χ1v) is 9.34. The summed E-state index contributed by atoms with van der Waals surface area (Å²) in [7, 11) is 0. The lowest BCUT2D eigenvalue weighted by molar-refractivity contribution is 0.0136. The van der Waals surface area contributed by atoms with Gasteiger partial charge in [0.2, 0.25) is 0 Å². The average molecular weight is 334 g/mol. The van der Waals surface area contributed by atoms with Gasteiger partial charge >= 0.3 is 0 Å². The number of ether oxygens (including phenoxy) is 1. The third-order valence-electron chi connectivity index (χ3n) is 4.31. The molecule has 0 aliphatic heterocycles. The van der Waals surface area contributed by atoms with Gasteiger partial charge in [-0.25, -0.2) is 0 Å². The van der Waals surface area contributed by atoms with Crippen LogP contribution in [0.5, 0.6) is 0 Å². The largest absolute Gasteiger partial charge is 0.396 e. The minimum atomic E-state index is -0.717. The number of aliphatic hydroxyl groups excluding tert-OH is 3. The highest BCUT2D eigenvalue weighted by Gasteiger charge is 2.27. The Kier molecular flexibility index (Phi) is 15.2. The Balaban J connectivity index is 3.56. The Morgan fingerprint density at radius 2 is 1.43 bits per heavy atom. The summed E-state index contributed by atoms with van der Waals surface area (Å²) in [5.41, 5.74) is 5.39. The molecule has 0 aromatic heterocycles. The lowest BCUT2D eigenvalue weighted by atomic mass is 9.87. The summed E-state index contributed by atoms with van der Waals surface area (Å²) < 4.78 is 5.51. The van der Waals surface area contributed by atoms with E-state index in [0.29, 0.717) is 25.9 Å². The summed E-state index contributed by atoms with van der Waals surface area (Å²) >= 11 is 0. The quantitative estimate of drug-likeness (QED) is 0.306. The van der Waals surface area contributed by atoms with Gasteiger partial charge in [0.1, 0.15) is 0 Å². The molecule has 1 atom stereocenters. The van der Waals surface area contributed by atoms with Gasteiger partial charge in [-0.2, -0.15) is 0 Å². The minimum absolute atomic E-state index is 0.0394. The first-order chi connectivity index (χ1) is 11.1. The minimum Gasteiger partial charge on any atom is -0.396 e. The molecule has 0 saturated heterocycles. The SMILES string of the molecule is CCCCCCCCCCOCC(O)CC(N)(CCO)CCO. The Bertz CT molecular complexity index is 245. The molecule has 0 saturated carbocycles. The maximum absolute atomic E-state index is 9.99. The Morgan fingerprint density at radius 1 is 0.913 bits per heavy atom. The molecule has 0 aromatic rings. The van der Waals surface area contributed by atoms with Crippen LogP contribution >= 0.6 is 0 Å². The maximum Gasteiger partial charge on any atom is 0.0791 e. The van der Waals surface area contributed by atoms with Crippen LogP contribution in [0.25, 0.3) is 0 Å². The number of aliphatic hydroxyl groups is 3. The third kappa shape index (κ3) is 13.9. The molecule has 0 amide bonds. The van der Waals surface area contributed by atoms with E-state index in [2.05, 4.69) is 6.92 Å². The van der Waals surface area contributed by atoms with Crippen molar-refractivity contribution in [2.45, 2.75) is 89.2 Å². The standard InChI is InChI=1S/C18H39NO4/c1-2-3-4-5-6-7-8-9-14-23-16-17(22)15-18(19,10-12-20)11-13-21/h17,20-22H,2-16,19H2,1H3. The fourth-order valence-electron chi connectivity index (χ4n) is 2.86. The van der Waals surface area contributed by atoms with Crippen LogP contribution in [0.2, 0.25) is 0 Å². The molecule has 0 heterocycles. The van der Waals surface area contributed by atoms with Crippen LogP contribution in [0, 0.1) is 0 Å². The van der Waals surface area contributed by atoms with Gasteiger partial charge in [0.15, 0.2) is 0 Å². The van der Waals surface area contributed by atoms with Gasteiger partial charge in [0.05, 0.1) is 12.7 Å². The monoisotopic (exact) mass is 333 g/mol. The first-order valence-electron chi connectivity index (χ1n) is 9.34. The highest BCUT2D eigenvalue weighted by Crippen LogP contribution is 2.19. The van der Waals surface area contributed by atoms with Crippen LogP contribution in [0.4, 0.5) is 0 Å². The predicted molar refractivity (Wildman–Crippen MR) is 94.4 cm³/mol. The zero-order chi connectivity index (χ0) is 17.4. The molecule has 0 spiro atoms. The van der Waals surface area contributed by atoms with E-state index in [0.717, 1.165) is 6.42 Å². The van der Waals surface area contributed by atoms with Crippen LogP contribution in [0.1, 0.15) is 77.6 Å². The Labute approximate surface area is 142 Å². The Morgan fingerprint density at radius 3 is 1.96 bits per heavy atom. The fraction of sp³-hybridized carbons (Fsp3) is 1.00. The molecule has 0 fully saturated rings. The van der Waals surface area contributed by atoms with E-state index < -0.39 is 11.6 Å². The third-order valence-corrected chi connectivity index (χ3v) is 4.31. The van der Waals surface area contributed by atoms with Crippen LogP contribution < -0.4 is 5.73 Å². The topological polar surface area (TPSA) is 95.9 Å². The van der Waals surface area contributed by atoms with E-state index in [-0.39, 0.29) is 19.8 Å². The molecule has 0 aliphatic rings. The van der Waals surface area contributed by atoms with Crippen LogP contribution in [0.3, 0.4) is 0 Å². The maximum atomic E-state index is 9.99. The van der Waals surface area contributed by atoms with Crippen molar-refractivity contribution in [3.8, 4) is 0 Å². The van der Waals surface area contributed by atoms with E-state index in [9.17, 15) is 5.11 Å². The van der Waals surface area contributed by atoms with Crippen molar-refractivity contribution in [2.75, 3.05) is 26.4 Å². The zero-order valence-corrected chi connectivity index (χ0v) is 15.0. The van der Waals surface area contributed by atoms with Crippen molar-refractivity contribution in [3.05, 3.63) is 0 Å². The van der Waals surface area contributed by atoms with E-state index in [1.807, 2.05) is 0 Å². The summed E-state index contributed by atoms with van der Waals surface area (Å²) in [6.07, 6.45) is 10.5. The van der Waals surface area contributed by atoms with Gasteiger partial charge in [0.25, 0.3) is 0 Å². The number of hydrogen-bond donors (Lipinski definition) is 4. The van der Waals surface area contributed by atoms with Crippen molar-refractivity contribution in [2.24, 2.45) is 5.73 Å². The lowest BCUT2D eigenvalue weighted by Gasteiger charge is -2.30. The molecule has 5 nitrogen and oxygen atoms in total. The molecule has 0 aliphatic carbocycles. The van der Waals surface area contributed by atoms with E-state index >= 15 is 0 Å². The van der Waals surface area contributed by atoms with Gasteiger partial charge in [-0.05, 0) is 25.7 Å². The molecule has 0 aromatic carbocycles. The van der Waals surface area contributed by atoms with E-state index in [1.54, 1.807) is 0 Å². The van der Waals surface area contributed by atoms with Crippen molar-refractivity contribution in [1.82, 2.24) is 0 Å². The zero-order valence-electron chi connectivity index (χ0n) is 15.0. The smallest absolute Gasteiger partial charge is 0.0791 e. The van der Waals surface area contributed by atoms with Crippen LogP contribution in [-0.2, 0) is 4.74 Å². The summed E-state index contributed by atoms with van der Waals surface area (Å²) in [5.74, 6) is 0. The van der Waals surface area contributed by atoms with Crippen molar-refractivity contribution in [3.63, 3.8) is 0 Å². The van der Waals surface area contributed by atoms with Crippen molar-refractivity contribution < 1.29 is 20.1 Å². The number of rotatable bonds is 17. The average Bonchev–Trinajstić information content (AvgIpc) is 2.49. The second-order valence-electron chi connectivity index (χ2n) is 6.72. The first kappa shape index (κ1) is 22.8. The van der Waals surface area contributed by atoms with Gasteiger partial charge in [0, 0.05) is 25.4 Å². The van der Waals surface area contributed by atoms with Crippen LogP contribution in [-0.4, -0.2) is 53.4 Å². The fourth-order valence-corrected chi connectivity index (χ4v) is 2.86. The lowest BCUT2D eigenvalue weighted by Crippen LogP contribution is -2.45. The second-order valence-corrected chi connectivity index (χ2v) is 6.72. The normalized spacial score (nSPS) is 13.4. The van der Waals surface area contributed by atoms with E-state index in [1.165, 1.54) is 44.9 Å². The molecule has 0 rings (SSSR count). The molecular formula is C18H39NO4. The molecule has 140 valence electrons. The number of unbranched alkanes of at least 4 members (excludes halogenated alkanes) is 7. The summed E-state index contributed by atoms with van der Waals surface area (Å²) in [6, 6.07) is 0. The number of nitrogens with two attached hydrogens (primary N) is 1. The molecule has 0 bridgehead atoms. The highest BCUT2D eigenvalue weighted by molar-refractivity contribution is 4.86. The summed E-state index contributed by atoms with van der Waals surface area (Å²) in [6.45, 7) is 3.09. The predicted octanol–water partition coefficient (Wildman–Crippen LogP) is 2.36. The second kappa shape index (κ2) is 15.3. The van der Waals surface area contributed by atoms with Crippen molar-refractivity contribution in [1.29, 1.82) is 0 Å². The van der Waals surface area contributed by atoms with Gasteiger partial charge in [-0.3, -0.25) is 0 Å². The summed E-state index contributed by atoms with van der Waals surface area (Å²) in [5, 5.41) is 28.1. The molecule has 0 radical (unpaired) electrons. The summed E-state index contributed by atoms with van der Waals surface area (Å²) in [4.78, 5) is 0. The van der Waals surface area contributed by atoms with Gasteiger partial charge in [-0.1, -0.05) is 51.9 Å². The molecule has 5 heteroatoms. The van der Waals surface area contributed by atoms with Crippen molar-refractivity contribution >= 4 is 0 Å². The molecule has 1 unspecified atom stereocenters. The van der Waals surface area contributed by atoms with Crippen LogP contribution in [0.15, 0.2) is 0 Å². The van der Waals surface area contributed by atoms with E-state index in [4.69, 9.17) is 20.7 Å². The molecular weight excluding hydrogens is 294 g/mol. The Hall–Kier alpha value is -0.200. The highest BCUT2D eigenvalue weighted by atomic mass is 16.5. The molecule has 5 N–H and O–H groups in total. The molecule has 23 heavy (non-hydrogen) atoms.